The van der Waals surface area contributed by atoms with Gasteiger partial charge in [0, 0.05) is 5.92 Å². The maximum Gasteiger partial charge on any atom is 0.123 e. The lowest BCUT2D eigenvalue weighted by Gasteiger charge is -2.43. The SMILES string of the molecule is CCNCC[C@@]1(O)CCc2cc(F)ccc2C1C(C)C. The topological polar surface area (TPSA) is 32.3 Å². The molecular formula is C17H26FNO. The molecule has 0 amide bonds. The second-order valence-electron chi connectivity index (χ2n) is 6.27. The quantitative estimate of drug-likeness (QED) is 0.811. The van der Waals surface area contributed by atoms with Crippen molar-refractivity contribution in [2.75, 3.05) is 13.1 Å². The van der Waals surface area contributed by atoms with E-state index in [9.17, 15) is 9.50 Å². The third kappa shape index (κ3) is 3.04. The van der Waals surface area contributed by atoms with Gasteiger partial charge in [-0.05, 0) is 61.5 Å². The molecule has 0 bridgehead atoms. The summed E-state index contributed by atoms with van der Waals surface area (Å²) in [4.78, 5) is 0. The van der Waals surface area contributed by atoms with Crippen molar-refractivity contribution in [3.63, 3.8) is 0 Å². The van der Waals surface area contributed by atoms with Crippen molar-refractivity contribution in [2.24, 2.45) is 5.92 Å². The average Bonchev–Trinajstić information content (AvgIpc) is 2.39. The van der Waals surface area contributed by atoms with Gasteiger partial charge in [0.05, 0.1) is 5.60 Å². The number of hydrogen-bond acceptors (Lipinski definition) is 2. The zero-order valence-electron chi connectivity index (χ0n) is 12.7. The van der Waals surface area contributed by atoms with Gasteiger partial charge in [-0.2, -0.15) is 0 Å². The average molecular weight is 279 g/mol. The molecule has 0 heterocycles. The molecule has 0 aromatic heterocycles. The van der Waals surface area contributed by atoms with E-state index in [2.05, 4.69) is 26.1 Å². The lowest BCUT2D eigenvalue weighted by molar-refractivity contribution is -0.0240. The van der Waals surface area contributed by atoms with Gasteiger partial charge in [-0.25, -0.2) is 4.39 Å². The van der Waals surface area contributed by atoms with E-state index in [-0.39, 0.29) is 11.7 Å². The van der Waals surface area contributed by atoms with E-state index in [1.807, 2.05) is 6.07 Å². The molecule has 1 aromatic carbocycles. The van der Waals surface area contributed by atoms with E-state index in [0.29, 0.717) is 5.92 Å². The first-order valence-electron chi connectivity index (χ1n) is 7.69. The second kappa shape index (κ2) is 6.23. The van der Waals surface area contributed by atoms with Gasteiger partial charge in [-0.3, -0.25) is 0 Å². The maximum atomic E-state index is 13.4. The van der Waals surface area contributed by atoms with Crippen LogP contribution in [-0.2, 0) is 6.42 Å². The number of nitrogens with one attached hydrogen (secondary N) is 1. The van der Waals surface area contributed by atoms with Gasteiger partial charge < -0.3 is 10.4 Å². The highest BCUT2D eigenvalue weighted by Gasteiger charge is 2.42. The van der Waals surface area contributed by atoms with Crippen LogP contribution in [0.15, 0.2) is 18.2 Å². The fourth-order valence-electron chi connectivity index (χ4n) is 3.63. The molecule has 3 heteroatoms. The summed E-state index contributed by atoms with van der Waals surface area (Å²) in [6, 6.07) is 5.02. The highest BCUT2D eigenvalue weighted by molar-refractivity contribution is 5.36. The summed E-state index contributed by atoms with van der Waals surface area (Å²) in [6.45, 7) is 8.10. The van der Waals surface area contributed by atoms with Crippen molar-refractivity contribution in [1.29, 1.82) is 0 Å². The van der Waals surface area contributed by atoms with Crippen molar-refractivity contribution < 1.29 is 9.50 Å². The molecule has 1 aromatic rings. The summed E-state index contributed by atoms with van der Waals surface area (Å²) in [5, 5.41) is 14.4. The Morgan fingerprint density at radius 3 is 2.85 bits per heavy atom. The largest absolute Gasteiger partial charge is 0.389 e. The molecule has 2 atom stereocenters. The van der Waals surface area contributed by atoms with Crippen LogP contribution in [0.25, 0.3) is 0 Å². The first-order chi connectivity index (χ1) is 9.48. The number of hydrogen-bond donors (Lipinski definition) is 2. The third-order valence-corrected chi connectivity index (χ3v) is 4.50. The molecule has 20 heavy (non-hydrogen) atoms. The number of halogens is 1. The molecule has 2 N–H and O–H groups in total. The molecule has 112 valence electrons. The predicted octanol–water partition coefficient (Wildman–Crippen LogP) is 3.24. The molecule has 2 rings (SSSR count). The molecular weight excluding hydrogens is 253 g/mol. The highest BCUT2D eigenvalue weighted by atomic mass is 19.1. The Kier molecular flexibility index (Phi) is 4.82. The number of fused-ring (bicyclic) bond motifs is 1. The summed E-state index contributed by atoms with van der Waals surface area (Å²) >= 11 is 0. The summed E-state index contributed by atoms with van der Waals surface area (Å²) in [5.41, 5.74) is 1.52. The van der Waals surface area contributed by atoms with Crippen LogP contribution in [0, 0.1) is 11.7 Å². The van der Waals surface area contributed by atoms with Crippen LogP contribution < -0.4 is 5.32 Å². The molecule has 0 fully saturated rings. The van der Waals surface area contributed by atoms with Crippen LogP contribution in [0.5, 0.6) is 0 Å². The van der Waals surface area contributed by atoms with E-state index in [4.69, 9.17) is 0 Å². The number of rotatable bonds is 5. The minimum Gasteiger partial charge on any atom is -0.389 e. The van der Waals surface area contributed by atoms with E-state index in [0.717, 1.165) is 43.5 Å². The molecule has 1 unspecified atom stereocenters. The molecule has 0 saturated carbocycles. The van der Waals surface area contributed by atoms with Crippen LogP contribution in [0.1, 0.15) is 50.7 Å². The van der Waals surface area contributed by atoms with Crippen molar-refractivity contribution in [3.05, 3.63) is 35.1 Å². The zero-order chi connectivity index (χ0) is 14.8. The molecule has 1 aliphatic carbocycles. The Labute approximate surface area is 121 Å². The summed E-state index contributed by atoms with van der Waals surface area (Å²) in [7, 11) is 0. The number of benzene rings is 1. The summed E-state index contributed by atoms with van der Waals surface area (Å²) in [5.74, 6) is 0.251. The van der Waals surface area contributed by atoms with Gasteiger partial charge in [-0.15, -0.1) is 0 Å². The van der Waals surface area contributed by atoms with Gasteiger partial charge in [0.2, 0.25) is 0 Å². The maximum absolute atomic E-state index is 13.4. The van der Waals surface area contributed by atoms with Crippen molar-refractivity contribution in [3.8, 4) is 0 Å². The second-order valence-corrected chi connectivity index (χ2v) is 6.27. The normalized spacial score (nSPS) is 25.8. The molecule has 0 radical (unpaired) electrons. The van der Waals surface area contributed by atoms with Crippen molar-refractivity contribution in [1.82, 2.24) is 5.32 Å². The van der Waals surface area contributed by atoms with Gasteiger partial charge >= 0.3 is 0 Å². The van der Waals surface area contributed by atoms with Crippen LogP contribution >= 0.6 is 0 Å². The van der Waals surface area contributed by atoms with Crippen LogP contribution in [0.3, 0.4) is 0 Å². The first-order valence-corrected chi connectivity index (χ1v) is 7.69. The van der Waals surface area contributed by atoms with Crippen molar-refractivity contribution in [2.45, 2.75) is 51.6 Å². The fourth-order valence-corrected chi connectivity index (χ4v) is 3.63. The standard InChI is InChI=1S/C17H26FNO/c1-4-19-10-9-17(20)8-7-13-11-14(18)5-6-15(13)16(17)12(2)3/h5-6,11-12,16,19-20H,4,7-10H2,1-3H3/t16?,17-/m0/s1. The Hall–Kier alpha value is -0.930. The lowest BCUT2D eigenvalue weighted by Crippen LogP contribution is -2.44. The summed E-state index contributed by atoms with van der Waals surface area (Å²) < 4.78 is 13.4. The van der Waals surface area contributed by atoms with E-state index in [1.165, 1.54) is 6.07 Å². The van der Waals surface area contributed by atoms with Crippen LogP contribution in [-0.4, -0.2) is 23.8 Å². The fraction of sp³-hybridized carbons (Fsp3) is 0.647. The van der Waals surface area contributed by atoms with Gasteiger partial charge in [0.15, 0.2) is 0 Å². The predicted molar refractivity (Wildman–Crippen MR) is 80.4 cm³/mol. The van der Waals surface area contributed by atoms with Crippen molar-refractivity contribution >= 4 is 0 Å². The van der Waals surface area contributed by atoms with Gasteiger partial charge in [-0.1, -0.05) is 26.8 Å². The third-order valence-electron chi connectivity index (χ3n) is 4.50. The van der Waals surface area contributed by atoms with E-state index < -0.39 is 5.60 Å². The number of aryl methyl sites for hydroxylation is 1. The molecule has 0 saturated heterocycles. The number of aliphatic hydroxyl groups is 1. The molecule has 2 nitrogen and oxygen atoms in total. The molecule has 1 aliphatic rings. The Balaban J connectivity index is 2.29. The first kappa shape index (κ1) is 15.5. The smallest absolute Gasteiger partial charge is 0.123 e. The van der Waals surface area contributed by atoms with Gasteiger partial charge in [0.25, 0.3) is 0 Å². The minimum absolute atomic E-state index is 0.0884. The van der Waals surface area contributed by atoms with Crippen LogP contribution in [0.4, 0.5) is 4.39 Å². The highest BCUT2D eigenvalue weighted by Crippen LogP contribution is 2.45. The summed E-state index contributed by atoms with van der Waals surface area (Å²) in [6.07, 6.45) is 2.23. The molecule has 0 aliphatic heterocycles. The van der Waals surface area contributed by atoms with Gasteiger partial charge in [0.1, 0.15) is 5.82 Å². The monoisotopic (exact) mass is 279 g/mol. The zero-order valence-corrected chi connectivity index (χ0v) is 12.7. The molecule has 0 spiro atoms. The van der Waals surface area contributed by atoms with E-state index >= 15 is 0 Å². The van der Waals surface area contributed by atoms with E-state index in [1.54, 1.807) is 6.07 Å². The Morgan fingerprint density at radius 2 is 2.20 bits per heavy atom. The Morgan fingerprint density at radius 1 is 1.45 bits per heavy atom. The van der Waals surface area contributed by atoms with Crippen LogP contribution in [0.2, 0.25) is 0 Å². The Bertz CT molecular complexity index is 460. The lowest BCUT2D eigenvalue weighted by atomic mass is 9.66. The minimum atomic E-state index is -0.679.